The van der Waals surface area contributed by atoms with Crippen molar-refractivity contribution >= 4 is 22.6 Å². The van der Waals surface area contributed by atoms with Crippen molar-refractivity contribution in [3.05, 3.63) is 52.7 Å². The third-order valence-electron chi connectivity index (χ3n) is 5.51. The van der Waals surface area contributed by atoms with Crippen molar-refractivity contribution in [3.8, 4) is 11.5 Å². The number of hydrogen-bond donors (Lipinski definition) is 2. The van der Waals surface area contributed by atoms with E-state index in [2.05, 4.69) is 25.2 Å². The molecule has 0 aliphatic carbocycles. The third-order valence-corrected chi connectivity index (χ3v) is 5.51. The summed E-state index contributed by atoms with van der Waals surface area (Å²) in [5.41, 5.74) is 0.339. The lowest BCUT2D eigenvalue weighted by Gasteiger charge is -2.30. The van der Waals surface area contributed by atoms with Gasteiger partial charge in [0, 0.05) is 18.2 Å². The Hall–Kier alpha value is -3.46. The first-order valence-corrected chi connectivity index (χ1v) is 10.2. The molecule has 162 valence electrons. The number of nitrogens with zero attached hydrogens (tertiary/aromatic N) is 3. The van der Waals surface area contributed by atoms with Gasteiger partial charge in [-0.1, -0.05) is 6.07 Å². The molecule has 1 saturated heterocycles. The van der Waals surface area contributed by atoms with Crippen LogP contribution in [0.3, 0.4) is 0 Å². The second kappa shape index (κ2) is 9.13. The number of anilines is 1. The number of likely N-dealkylation sites (tertiary alicyclic amines) is 1. The van der Waals surface area contributed by atoms with E-state index >= 15 is 0 Å². The zero-order valence-electron chi connectivity index (χ0n) is 17.6. The van der Waals surface area contributed by atoms with E-state index in [0.717, 1.165) is 25.9 Å². The molecule has 9 heteroatoms. The highest BCUT2D eigenvalue weighted by Crippen LogP contribution is 2.30. The van der Waals surface area contributed by atoms with Crippen molar-refractivity contribution in [2.24, 2.45) is 5.92 Å². The molecule has 9 nitrogen and oxygen atoms in total. The minimum absolute atomic E-state index is 0.00312. The molecule has 1 aliphatic rings. The Labute approximate surface area is 179 Å². The minimum Gasteiger partial charge on any atom is -0.493 e. The van der Waals surface area contributed by atoms with Crippen LogP contribution in [-0.4, -0.2) is 53.1 Å². The van der Waals surface area contributed by atoms with Crippen molar-refractivity contribution in [1.82, 2.24) is 19.9 Å². The normalized spacial score (nSPS) is 15.0. The smallest absolute Gasteiger partial charge is 0.258 e. The average molecular weight is 423 g/mol. The van der Waals surface area contributed by atoms with Crippen LogP contribution >= 0.6 is 0 Å². The van der Waals surface area contributed by atoms with Crippen molar-refractivity contribution in [1.29, 1.82) is 0 Å². The summed E-state index contributed by atoms with van der Waals surface area (Å²) in [5, 5.41) is 3.32. The number of carbonyl (C=O) groups excluding carboxylic acids is 1. The molecule has 0 radical (unpaired) electrons. The van der Waals surface area contributed by atoms with E-state index in [1.807, 2.05) is 12.1 Å². The van der Waals surface area contributed by atoms with Gasteiger partial charge in [0.15, 0.2) is 11.5 Å². The lowest BCUT2D eigenvalue weighted by Crippen LogP contribution is -2.38. The largest absolute Gasteiger partial charge is 0.493 e. The Morgan fingerprint density at radius 2 is 1.94 bits per heavy atom. The van der Waals surface area contributed by atoms with Gasteiger partial charge in [-0.15, -0.1) is 0 Å². The topological polar surface area (TPSA) is 109 Å². The summed E-state index contributed by atoms with van der Waals surface area (Å²) < 4.78 is 10.6. The number of hydrogen-bond acceptors (Lipinski definition) is 7. The number of pyridine rings is 1. The van der Waals surface area contributed by atoms with Crippen LogP contribution in [0.1, 0.15) is 18.7 Å². The van der Waals surface area contributed by atoms with Gasteiger partial charge in [0.1, 0.15) is 11.6 Å². The lowest BCUT2D eigenvalue weighted by atomic mass is 9.96. The number of aromatic nitrogens is 3. The molecule has 0 atom stereocenters. The molecule has 0 bridgehead atoms. The molecule has 1 aliphatic heterocycles. The highest BCUT2D eigenvalue weighted by molar-refractivity contribution is 5.91. The van der Waals surface area contributed by atoms with Crippen molar-refractivity contribution in [2.75, 3.05) is 32.6 Å². The van der Waals surface area contributed by atoms with Gasteiger partial charge >= 0.3 is 0 Å². The molecular formula is C22H25N5O4. The van der Waals surface area contributed by atoms with E-state index in [4.69, 9.17) is 9.47 Å². The van der Waals surface area contributed by atoms with E-state index < -0.39 is 0 Å². The Morgan fingerprint density at radius 1 is 1.19 bits per heavy atom. The molecule has 31 heavy (non-hydrogen) atoms. The van der Waals surface area contributed by atoms with Crippen LogP contribution < -0.4 is 20.3 Å². The number of H-pyrrole nitrogens is 1. The maximum Gasteiger partial charge on any atom is 0.258 e. The second-order valence-electron chi connectivity index (χ2n) is 7.49. The summed E-state index contributed by atoms with van der Waals surface area (Å²) in [6.07, 6.45) is 3.13. The number of ether oxygens (including phenoxy) is 2. The van der Waals surface area contributed by atoms with Crippen LogP contribution in [0.2, 0.25) is 0 Å². The summed E-state index contributed by atoms with van der Waals surface area (Å²) >= 11 is 0. The van der Waals surface area contributed by atoms with Gasteiger partial charge in [-0.25, -0.2) is 9.97 Å². The zero-order chi connectivity index (χ0) is 21.8. The van der Waals surface area contributed by atoms with Gasteiger partial charge in [0.2, 0.25) is 5.91 Å². The summed E-state index contributed by atoms with van der Waals surface area (Å²) in [4.78, 5) is 38.8. The number of amides is 1. The Morgan fingerprint density at radius 3 is 2.61 bits per heavy atom. The molecule has 3 aromatic rings. The molecule has 1 fully saturated rings. The maximum absolute atomic E-state index is 12.6. The van der Waals surface area contributed by atoms with Crippen molar-refractivity contribution in [2.45, 2.75) is 19.4 Å². The lowest BCUT2D eigenvalue weighted by molar-refractivity contribution is -0.121. The highest BCUT2D eigenvalue weighted by Gasteiger charge is 2.25. The molecule has 0 spiro atoms. The number of carbonyl (C=O) groups is 1. The summed E-state index contributed by atoms with van der Waals surface area (Å²) in [6, 6.07) is 8.77. The van der Waals surface area contributed by atoms with Crippen LogP contribution in [0.4, 0.5) is 5.82 Å². The molecule has 0 unspecified atom stereocenters. The molecule has 3 heterocycles. The summed E-state index contributed by atoms with van der Waals surface area (Å²) in [6.45, 7) is 2.00. The quantitative estimate of drug-likeness (QED) is 0.625. The van der Waals surface area contributed by atoms with Gasteiger partial charge in [-0.3, -0.25) is 14.5 Å². The standard InChI is InChI=1S/C22H25N5O4/c1-30-17-11-15-16(12-18(17)31-2)24-20(26-22(15)29)13-27-9-6-14(7-10-27)21(28)25-19-5-3-4-8-23-19/h3-5,8,11-12,14H,6-7,9-10,13H2,1-2H3,(H,23,25,28)(H,24,26,29). The van der Waals surface area contributed by atoms with Gasteiger partial charge < -0.3 is 19.8 Å². The predicted octanol–water partition coefficient (Wildman–Crippen LogP) is 2.19. The molecule has 1 aromatic carbocycles. The molecular weight excluding hydrogens is 398 g/mol. The van der Waals surface area contributed by atoms with Gasteiger partial charge in [0.05, 0.1) is 31.7 Å². The molecule has 2 N–H and O–H groups in total. The average Bonchev–Trinajstić information content (AvgIpc) is 2.79. The maximum atomic E-state index is 12.6. The monoisotopic (exact) mass is 423 g/mol. The van der Waals surface area contributed by atoms with E-state index in [-0.39, 0.29) is 17.4 Å². The Kier molecular flexibility index (Phi) is 6.13. The van der Waals surface area contributed by atoms with Crippen LogP contribution in [0.25, 0.3) is 10.9 Å². The van der Waals surface area contributed by atoms with Crippen LogP contribution in [-0.2, 0) is 11.3 Å². The number of rotatable bonds is 6. The van der Waals surface area contributed by atoms with E-state index in [0.29, 0.717) is 40.6 Å². The number of methoxy groups -OCH3 is 2. The van der Waals surface area contributed by atoms with Gasteiger partial charge in [-0.05, 0) is 44.1 Å². The molecule has 2 aromatic heterocycles. The Bertz CT molecular complexity index is 1120. The third kappa shape index (κ3) is 4.66. The van der Waals surface area contributed by atoms with Gasteiger partial charge in [-0.2, -0.15) is 0 Å². The first-order chi connectivity index (χ1) is 15.1. The SMILES string of the molecule is COc1cc2nc(CN3CCC(C(=O)Nc4ccccn4)CC3)[nH]c(=O)c2cc1OC. The van der Waals surface area contributed by atoms with E-state index in [9.17, 15) is 9.59 Å². The van der Waals surface area contributed by atoms with Crippen molar-refractivity contribution in [3.63, 3.8) is 0 Å². The first-order valence-electron chi connectivity index (χ1n) is 10.2. The zero-order valence-corrected chi connectivity index (χ0v) is 17.6. The molecule has 4 rings (SSSR count). The predicted molar refractivity (Wildman–Crippen MR) is 116 cm³/mol. The minimum atomic E-state index is -0.217. The van der Waals surface area contributed by atoms with E-state index in [1.54, 1.807) is 31.5 Å². The number of benzene rings is 1. The van der Waals surface area contributed by atoms with Crippen LogP contribution in [0, 0.1) is 5.92 Å². The number of piperidine rings is 1. The van der Waals surface area contributed by atoms with Gasteiger partial charge in [0.25, 0.3) is 5.56 Å². The van der Waals surface area contributed by atoms with Crippen LogP contribution in [0.5, 0.6) is 11.5 Å². The Balaban J connectivity index is 1.41. The number of fused-ring (bicyclic) bond motifs is 1. The number of nitrogens with one attached hydrogen (secondary N) is 2. The fourth-order valence-electron chi connectivity index (χ4n) is 3.82. The second-order valence-corrected chi connectivity index (χ2v) is 7.49. The van der Waals surface area contributed by atoms with Crippen molar-refractivity contribution < 1.29 is 14.3 Å². The highest BCUT2D eigenvalue weighted by atomic mass is 16.5. The summed E-state index contributed by atoms with van der Waals surface area (Å²) in [5.74, 6) is 2.11. The molecule has 0 saturated carbocycles. The molecule has 1 amide bonds. The van der Waals surface area contributed by atoms with Crippen LogP contribution in [0.15, 0.2) is 41.3 Å². The van der Waals surface area contributed by atoms with E-state index in [1.165, 1.54) is 7.11 Å². The summed E-state index contributed by atoms with van der Waals surface area (Å²) in [7, 11) is 3.08. The first kappa shape index (κ1) is 20.8. The fraction of sp³-hybridized carbons (Fsp3) is 0.364. The fourth-order valence-corrected chi connectivity index (χ4v) is 3.82. The number of aromatic amines is 1.